The van der Waals surface area contributed by atoms with Crippen molar-refractivity contribution in [3.8, 4) is 0 Å². The van der Waals surface area contributed by atoms with Crippen LogP contribution in [0, 0.1) is 41.5 Å². The predicted molar refractivity (Wildman–Crippen MR) is 64.6 cm³/mol. The molecule has 16 heteroatoms. The molecule has 0 aromatic heterocycles. The second-order valence-electron chi connectivity index (χ2n) is 2.83. The van der Waals surface area contributed by atoms with Gasteiger partial charge >= 0.3 is 11.9 Å². The largest absolute Gasteiger partial charge is 0.356 e. The van der Waals surface area contributed by atoms with E-state index in [-0.39, 0.29) is 21.9 Å². The molecule has 0 saturated carbocycles. The molecule has 16 nitrogen and oxygen atoms in total. The molecule has 0 saturated heterocycles. The van der Waals surface area contributed by atoms with Gasteiger partial charge in [0.15, 0.2) is 13.1 Å². The molecule has 12 N–H and O–H groups in total. The summed E-state index contributed by atoms with van der Waals surface area (Å²) in [4.78, 5) is 16.5. The van der Waals surface area contributed by atoms with Gasteiger partial charge in [0.05, 0.1) is 10.2 Å². The van der Waals surface area contributed by atoms with Crippen molar-refractivity contribution in [1.82, 2.24) is 0 Å². The lowest BCUT2D eigenvalue weighted by Gasteiger charge is -2.12. The molecular weight excluding hydrogens is 284 g/mol. The Bertz CT molecular complexity index is 294. The van der Waals surface area contributed by atoms with Crippen molar-refractivity contribution in [2.75, 3.05) is 13.1 Å². The van der Waals surface area contributed by atoms with Gasteiger partial charge in [0.1, 0.15) is 0 Å². The Labute approximate surface area is 111 Å². The predicted octanol–water partition coefficient (Wildman–Crippen LogP) is -6.19. The van der Waals surface area contributed by atoms with Gasteiger partial charge in [-0.3, -0.25) is 0 Å². The first-order valence-corrected chi connectivity index (χ1v) is 4.46. The molecule has 0 aromatic rings. The highest BCUT2D eigenvalue weighted by Gasteiger charge is 2.13. The SMILES string of the molecule is N=C(N)[NH+](N)CC[NH+](N)C(=N)N.O=[N+]([O-])[O-].O=[N+]([O-])[O-]. The zero-order valence-corrected chi connectivity index (χ0v) is 10.1. The average Bonchev–Trinajstić information content (AvgIpc) is 2.23. The quantitative estimate of drug-likeness (QED) is 0.0800. The van der Waals surface area contributed by atoms with Crippen LogP contribution in [0.3, 0.4) is 0 Å². The highest BCUT2D eigenvalue weighted by molar-refractivity contribution is 5.64. The number of nitrogens with zero attached hydrogens (tertiary/aromatic N) is 2. The second-order valence-corrected chi connectivity index (χ2v) is 2.83. The summed E-state index contributed by atoms with van der Waals surface area (Å²) in [7, 11) is 0. The van der Waals surface area contributed by atoms with E-state index in [9.17, 15) is 0 Å². The number of hydrogen-bond acceptors (Lipinski definition) is 10. The molecule has 0 aliphatic rings. The maximum Gasteiger partial charge on any atom is 0.310 e. The summed E-state index contributed by atoms with van der Waals surface area (Å²) in [5.74, 6) is 10.4. The van der Waals surface area contributed by atoms with Crippen molar-refractivity contribution < 1.29 is 20.2 Å². The molecule has 2 unspecified atom stereocenters. The average molecular weight is 300 g/mol. The first kappa shape index (κ1) is 22.4. The topological polar surface area (TPSA) is 293 Å². The number of nitrogens with two attached hydrogens (primary N) is 4. The minimum absolute atomic E-state index is 0.161. The molecule has 2 atom stereocenters. The number of guanidine groups is 2. The smallest absolute Gasteiger partial charge is 0.310 e. The first-order chi connectivity index (χ1) is 8.91. The van der Waals surface area contributed by atoms with Crippen LogP contribution in [-0.4, -0.2) is 35.2 Å². The molecule has 0 amide bonds. The highest BCUT2D eigenvalue weighted by atomic mass is 16.9. The van der Waals surface area contributed by atoms with E-state index in [0.717, 1.165) is 0 Å². The second kappa shape index (κ2) is 12.6. The zero-order chi connectivity index (χ0) is 16.9. The molecule has 0 fully saturated rings. The van der Waals surface area contributed by atoms with Crippen molar-refractivity contribution in [2.45, 2.75) is 0 Å². The summed E-state index contributed by atoms with van der Waals surface area (Å²) in [6.45, 7) is 0.724. The summed E-state index contributed by atoms with van der Waals surface area (Å²) in [5, 5.41) is 43.9. The van der Waals surface area contributed by atoms with Gasteiger partial charge < -0.3 is 42.1 Å². The molecule has 0 aliphatic carbocycles. The summed E-state index contributed by atoms with van der Waals surface area (Å²) in [6, 6.07) is 0. The Morgan fingerprint density at radius 2 is 1.00 bits per heavy atom. The maximum absolute atomic E-state index is 8.25. The van der Waals surface area contributed by atoms with Crippen LogP contribution in [0.1, 0.15) is 0 Å². The van der Waals surface area contributed by atoms with Crippen molar-refractivity contribution in [3.05, 3.63) is 30.6 Å². The van der Waals surface area contributed by atoms with Gasteiger partial charge in [-0.05, 0) is 0 Å². The lowest BCUT2D eigenvalue weighted by atomic mass is 10.6. The van der Waals surface area contributed by atoms with E-state index >= 15 is 0 Å². The maximum atomic E-state index is 8.25. The normalized spacial score (nSPS) is 11.5. The van der Waals surface area contributed by atoms with Crippen molar-refractivity contribution >= 4 is 11.9 Å². The van der Waals surface area contributed by atoms with Crippen LogP contribution in [0.5, 0.6) is 0 Å². The van der Waals surface area contributed by atoms with Gasteiger partial charge in [-0.25, -0.2) is 10.8 Å². The van der Waals surface area contributed by atoms with E-state index in [1.807, 2.05) is 0 Å². The number of hydrogen-bond donors (Lipinski definition) is 8. The minimum atomic E-state index is -1.75. The molecule has 0 aliphatic heterocycles. The first-order valence-electron chi connectivity index (χ1n) is 4.46. The van der Waals surface area contributed by atoms with Crippen molar-refractivity contribution in [1.29, 1.82) is 10.8 Å². The summed E-state index contributed by atoms with van der Waals surface area (Å²) in [5.41, 5.74) is 10.2. The Morgan fingerprint density at radius 3 is 1.10 bits per heavy atom. The summed E-state index contributed by atoms with van der Waals surface area (Å²) >= 11 is 0. The summed E-state index contributed by atoms with van der Waals surface area (Å²) in [6.07, 6.45) is 0. The van der Waals surface area contributed by atoms with E-state index < -0.39 is 10.2 Å². The molecule has 0 rings (SSSR count). The fraction of sp³-hybridized carbons (Fsp3) is 0.500. The van der Waals surface area contributed by atoms with Crippen LogP contribution in [0.4, 0.5) is 0 Å². The van der Waals surface area contributed by atoms with Crippen molar-refractivity contribution in [2.24, 2.45) is 23.2 Å². The van der Waals surface area contributed by atoms with Gasteiger partial charge in [-0.2, -0.15) is 21.7 Å². The lowest BCUT2D eigenvalue weighted by Crippen LogP contribution is -3.28. The Hall–Kier alpha value is -2.82. The van der Waals surface area contributed by atoms with Crippen LogP contribution in [-0.2, 0) is 0 Å². The van der Waals surface area contributed by atoms with Gasteiger partial charge in [0.25, 0.3) is 0 Å². The fourth-order valence-electron chi connectivity index (χ4n) is 0.539. The van der Waals surface area contributed by atoms with Crippen LogP contribution >= 0.6 is 0 Å². The van der Waals surface area contributed by atoms with Gasteiger partial charge in [-0.1, -0.05) is 0 Å². The third kappa shape index (κ3) is 29.5. The number of quaternary nitrogens is 2. The van der Waals surface area contributed by atoms with Gasteiger partial charge in [0.2, 0.25) is 0 Å². The van der Waals surface area contributed by atoms with E-state index in [0.29, 0.717) is 13.1 Å². The molecule has 0 spiro atoms. The molecule has 0 bridgehead atoms. The third-order valence-corrected chi connectivity index (χ3v) is 1.36. The molecule has 20 heavy (non-hydrogen) atoms. The van der Waals surface area contributed by atoms with Gasteiger partial charge in [-0.15, -0.1) is 0 Å². The van der Waals surface area contributed by atoms with Crippen molar-refractivity contribution in [3.63, 3.8) is 0 Å². The summed E-state index contributed by atoms with van der Waals surface area (Å²) < 4.78 is 0. The van der Waals surface area contributed by atoms with Crippen LogP contribution < -0.4 is 33.2 Å². The number of nitrogens with one attached hydrogen (secondary N) is 4. The third-order valence-electron chi connectivity index (χ3n) is 1.36. The van der Waals surface area contributed by atoms with Crippen LogP contribution in [0.15, 0.2) is 0 Å². The molecule has 0 aromatic carbocycles. The minimum Gasteiger partial charge on any atom is -0.356 e. The Morgan fingerprint density at radius 1 is 0.850 bits per heavy atom. The lowest BCUT2D eigenvalue weighted by molar-refractivity contribution is -0.883. The van der Waals surface area contributed by atoms with E-state index in [4.69, 9.17) is 64.6 Å². The van der Waals surface area contributed by atoms with E-state index in [2.05, 4.69) is 0 Å². The van der Waals surface area contributed by atoms with Crippen LogP contribution in [0.2, 0.25) is 0 Å². The zero-order valence-electron chi connectivity index (χ0n) is 10.1. The Kier molecular flexibility index (Phi) is 14.1. The van der Waals surface area contributed by atoms with E-state index in [1.54, 1.807) is 0 Å². The monoisotopic (exact) mass is 300 g/mol. The fourth-order valence-corrected chi connectivity index (χ4v) is 0.539. The standard InChI is InChI=1S/C4H14N8.2NO3/c5-3(6)11(9)1-2-12(10)4(7)8;2*2-1(3)4/h1-2,9-10H2,(H3,5,6)(H3,7,8);;/q;2*-1/p+2. The Balaban J connectivity index is -0.000000297. The molecule has 0 radical (unpaired) electrons. The molecule has 0 heterocycles. The number of rotatable bonds is 3. The highest BCUT2D eigenvalue weighted by Crippen LogP contribution is 1.45. The van der Waals surface area contributed by atoms with Gasteiger partial charge in [0, 0.05) is 0 Å². The molecule has 118 valence electrons. The van der Waals surface area contributed by atoms with Crippen LogP contribution in [0.25, 0.3) is 0 Å². The van der Waals surface area contributed by atoms with E-state index in [1.165, 1.54) is 0 Å². The molecular formula is C4H16N10O6.